The number of nitrogen functional groups attached to an aromatic ring is 1. The van der Waals surface area contributed by atoms with E-state index in [4.69, 9.17) is 5.73 Å². The van der Waals surface area contributed by atoms with E-state index in [2.05, 4.69) is 35.0 Å². The van der Waals surface area contributed by atoms with Crippen LogP contribution >= 0.6 is 27.7 Å². The molecule has 0 aromatic heterocycles. The molecule has 1 rings (SSSR count). The summed E-state index contributed by atoms with van der Waals surface area (Å²) >= 11 is 5.31. The predicted octanol–water partition coefficient (Wildman–Crippen LogP) is 5.87. The molecule has 1 aromatic carbocycles. The first kappa shape index (κ1) is 15.9. The van der Waals surface area contributed by atoms with Gasteiger partial charge in [0.05, 0.1) is 0 Å². The van der Waals surface area contributed by atoms with Gasteiger partial charge in [0.25, 0.3) is 0 Å². The quantitative estimate of drug-likeness (QED) is 0.348. The molecule has 0 radical (unpaired) electrons. The number of rotatable bonds is 9. The fraction of sp³-hybridized carbons (Fsp3) is 0.600. The van der Waals surface area contributed by atoms with Crippen LogP contribution in [0.15, 0.2) is 27.6 Å². The van der Waals surface area contributed by atoms with Gasteiger partial charge in [-0.2, -0.15) is 0 Å². The summed E-state index contributed by atoms with van der Waals surface area (Å²) in [7, 11) is 0. The Morgan fingerprint density at radius 2 is 1.72 bits per heavy atom. The number of nitrogens with two attached hydrogens (primary N) is 1. The normalized spacial score (nSPS) is 10.8. The minimum Gasteiger partial charge on any atom is -0.398 e. The predicted molar refractivity (Wildman–Crippen MR) is 87.3 cm³/mol. The highest BCUT2D eigenvalue weighted by Crippen LogP contribution is 2.28. The molecule has 102 valence electrons. The molecular weight excluding hydrogens is 306 g/mol. The van der Waals surface area contributed by atoms with E-state index in [1.807, 2.05) is 17.8 Å². The summed E-state index contributed by atoms with van der Waals surface area (Å²) in [5.74, 6) is 1.18. The van der Waals surface area contributed by atoms with Gasteiger partial charge in [0.2, 0.25) is 0 Å². The van der Waals surface area contributed by atoms with Crippen molar-refractivity contribution in [2.24, 2.45) is 0 Å². The van der Waals surface area contributed by atoms with Crippen LogP contribution in [0.5, 0.6) is 0 Å². The van der Waals surface area contributed by atoms with E-state index >= 15 is 0 Å². The van der Waals surface area contributed by atoms with Gasteiger partial charge in [0.15, 0.2) is 0 Å². The zero-order valence-electron chi connectivity index (χ0n) is 11.3. The number of anilines is 1. The molecule has 0 spiro atoms. The molecule has 0 saturated heterocycles. The van der Waals surface area contributed by atoms with Crippen LogP contribution in [0.2, 0.25) is 0 Å². The lowest BCUT2D eigenvalue weighted by Crippen LogP contribution is -1.89. The van der Waals surface area contributed by atoms with E-state index < -0.39 is 0 Å². The molecule has 0 amide bonds. The topological polar surface area (TPSA) is 26.0 Å². The lowest BCUT2D eigenvalue weighted by Gasteiger charge is -2.06. The number of hydrogen-bond donors (Lipinski definition) is 1. The van der Waals surface area contributed by atoms with Crippen molar-refractivity contribution >= 4 is 33.4 Å². The van der Waals surface area contributed by atoms with Crippen molar-refractivity contribution in [1.82, 2.24) is 0 Å². The zero-order chi connectivity index (χ0) is 13.2. The summed E-state index contributed by atoms with van der Waals surface area (Å²) in [6.07, 6.45) is 9.57. The SMILES string of the molecule is CCCCCCCCCSc1ccc(Br)cc1N. The van der Waals surface area contributed by atoms with Gasteiger partial charge in [-0.25, -0.2) is 0 Å². The minimum atomic E-state index is 0.886. The summed E-state index contributed by atoms with van der Waals surface area (Å²) in [5.41, 5.74) is 6.85. The van der Waals surface area contributed by atoms with Crippen molar-refractivity contribution < 1.29 is 0 Å². The van der Waals surface area contributed by atoms with E-state index in [1.165, 1.54) is 55.6 Å². The summed E-state index contributed by atoms with van der Waals surface area (Å²) in [4.78, 5) is 1.21. The van der Waals surface area contributed by atoms with Gasteiger partial charge in [-0.15, -0.1) is 11.8 Å². The molecule has 2 N–H and O–H groups in total. The Morgan fingerprint density at radius 1 is 1.06 bits per heavy atom. The Bertz CT molecular complexity index is 341. The van der Waals surface area contributed by atoms with Gasteiger partial charge < -0.3 is 5.73 Å². The standard InChI is InChI=1S/C15H24BrNS/c1-2-3-4-5-6-7-8-11-18-15-10-9-13(16)12-14(15)17/h9-10,12H,2-8,11,17H2,1H3. The van der Waals surface area contributed by atoms with Crippen LogP contribution in [0.3, 0.4) is 0 Å². The third-order valence-electron chi connectivity index (χ3n) is 2.98. The maximum atomic E-state index is 5.97. The van der Waals surface area contributed by atoms with E-state index in [9.17, 15) is 0 Å². The summed E-state index contributed by atoms with van der Waals surface area (Å²) in [5, 5.41) is 0. The van der Waals surface area contributed by atoms with Crippen LogP contribution < -0.4 is 5.73 Å². The van der Waals surface area contributed by atoms with Crippen molar-refractivity contribution in [3.8, 4) is 0 Å². The fourth-order valence-corrected chi connectivity index (χ4v) is 3.23. The van der Waals surface area contributed by atoms with Crippen LogP contribution in [0, 0.1) is 0 Å². The fourth-order valence-electron chi connectivity index (χ4n) is 1.89. The lowest BCUT2D eigenvalue weighted by atomic mass is 10.1. The molecule has 0 aliphatic rings. The largest absolute Gasteiger partial charge is 0.398 e. The maximum Gasteiger partial charge on any atom is 0.0463 e. The van der Waals surface area contributed by atoms with Crippen LogP contribution in [0.25, 0.3) is 0 Å². The maximum absolute atomic E-state index is 5.97. The van der Waals surface area contributed by atoms with Crippen LogP contribution in [0.1, 0.15) is 51.9 Å². The molecule has 0 fully saturated rings. The molecule has 0 heterocycles. The Balaban J connectivity index is 2.07. The second-order valence-electron chi connectivity index (χ2n) is 4.65. The molecule has 1 nitrogen and oxygen atoms in total. The molecule has 0 bridgehead atoms. The van der Waals surface area contributed by atoms with Crippen molar-refractivity contribution in [3.63, 3.8) is 0 Å². The van der Waals surface area contributed by atoms with Gasteiger partial charge in [-0.05, 0) is 30.4 Å². The molecular formula is C15H24BrNS. The van der Waals surface area contributed by atoms with Gasteiger partial charge in [-0.3, -0.25) is 0 Å². The third kappa shape index (κ3) is 6.69. The summed E-state index contributed by atoms with van der Waals surface area (Å²) in [6, 6.07) is 6.14. The van der Waals surface area contributed by atoms with E-state index in [1.54, 1.807) is 0 Å². The highest BCUT2D eigenvalue weighted by atomic mass is 79.9. The van der Waals surface area contributed by atoms with Gasteiger partial charge in [0.1, 0.15) is 0 Å². The smallest absolute Gasteiger partial charge is 0.0463 e. The summed E-state index contributed by atoms with van der Waals surface area (Å²) in [6.45, 7) is 2.26. The zero-order valence-corrected chi connectivity index (χ0v) is 13.7. The number of benzene rings is 1. The van der Waals surface area contributed by atoms with E-state index in [0.717, 1.165) is 10.2 Å². The molecule has 0 unspecified atom stereocenters. The van der Waals surface area contributed by atoms with Crippen LogP contribution in [0.4, 0.5) is 5.69 Å². The minimum absolute atomic E-state index is 0.886. The third-order valence-corrected chi connectivity index (χ3v) is 4.65. The average Bonchev–Trinajstić information content (AvgIpc) is 2.35. The lowest BCUT2D eigenvalue weighted by molar-refractivity contribution is 0.603. The Kier molecular flexibility index (Phi) is 8.60. The Hall–Kier alpha value is -0.150. The number of unbranched alkanes of at least 4 members (excludes halogenated alkanes) is 6. The number of hydrogen-bond acceptors (Lipinski definition) is 2. The molecule has 18 heavy (non-hydrogen) atoms. The monoisotopic (exact) mass is 329 g/mol. The van der Waals surface area contributed by atoms with Crippen LogP contribution in [-0.2, 0) is 0 Å². The Morgan fingerprint density at radius 3 is 2.39 bits per heavy atom. The van der Waals surface area contributed by atoms with Gasteiger partial charge >= 0.3 is 0 Å². The number of thioether (sulfide) groups is 1. The molecule has 0 saturated carbocycles. The van der Waals surface area contributed by atoms with E-state index in [0.29, 0.717) is 0 Å². The first-order valence-corrected chi connectivity index (χ1v) is 8.69. The molecule has 0 aliphatic carbocycles. The van der Waals surface area contributed by atoms with E-state index in [-0.39, 0.29) is 0 Å². The first-order chi connectivity index (χ1) is 8.74. The van der Waals surface area contributed by atoms with Crippen LogP contribution in [-0.4, -0.2) is 5.75 Å². The highest BCUT2D eigenvalue weighted by molar-refractivity contribution is 9.10. The van der Waals surface area contributed by atoms with Gasteiger partial charge in [-0.1, -0.05) is 61.4 Å². The number of halogens is 1. The highest BCUT2D eigenvalue weighted by Gasteiger charge is 2.00. The first-order valence-electron chi connectivity index (χ1n) is 6.92. The van der Waals surface area contributed by atoms with Crippen molar-refractivity contribution in [3.05, 3.63) is 22.7 Å². The van der Waals surface area contributed by atoms with Crippen molar-refractivity contribution in [2.75, 3.05) is 11.5 Å². The van der Waals surface area contributed by atoms with Crippen molar-refractivity contribution in [1.29, 1.82) is 0 Å². The Labute approximate surface area is 124 Å². The second kappa shape index (κ2) is 9.74. The van der Waals surface area contributed by atoms with Gasteiger partial charge in [0, 0.05) is 15.1 Å². The second-order valence-corrected chi connectivity index (χ2v) is 6.70. The molecule has 3 heteroatoms. The molecule has 0 atom stereocenters. The molecule has 0 aliphatic heterocycles. The molecule has 1 aromatic rings. The van der Waals surface area contributed by atoms with Crippen molar-refractivity contribution in [2.45, 2.75) is 56.8 Å². The average molecular weight is 330 g/mol. The summed E-state index contributed by atoms with van der Waals surface area (Å²) < 4.78 is 1.06.